The predicted molar refractivity (Wildman–Crippen MR) is 178 cm³/mol. The second-order valence-corrected chi connectivity index (χ2v) is 11.0. The lowest BCUT2D eigenvalue weighted by Gasteiger charge is -2.12. The van der Waals surface area contributed by atoms with Gasteiger partial charge in [0.25, 0.3) is 0 Å². The van der Waals surface area contributed by atoms with Crippen LogP contribution in [0.4, 0.5) is 0 Å². The molecule has 9 rings (SSSR count). The predicted octanol–water partition coefficient (Wildman–Crippen LogP) is 10.7. The molecule has 2 heterocycles. The van der Waals surface area contributed by atoms with Crippen LogP contribution in [0, 0.1) is 0 Å². The van der Waals surface area contributed by atoms with Gasteiger partial charge in [0.2, 0.25) is 0 Å². The Hall–Kier alpha value is -5.60. The Morgan fingerprint density at radius 3 is 1.79 bits per heavy atom. The van der Waals surface area contributed by atoms with E-state index >= 15 is 0 Å². The van der Waals surface area contributed by atoms with Crippen LogP contribution in [0.3, 0.4) is 0 Å². The molecular formula is C40H26N2. The first-order chi connectivity index (χ1) is 20.8. The molecule has 0 N–H and O–H groups in total. The molecular weight excluding hydrogens is 508 g/mol. The monoisotopic (exact) mass is 534 g/mol. The molecule has 0 radical (unpaired) electrons. The van der Waals surface area contributed by atoms with Gasteiger partial charge < -0.3 is 9.13 Å². The zero-order chi connectivity index (χ0) is 27.6. The quantitative estimate of drug-likeness (QED) is 0.200. The molecule has 0 saturated carbocycles. The molecule has 7 aromatic carbocycles. The summed E-state index contributed by atoms with van der Waals surface area (Å²) < 4.78 is 4.87. The number of hydrogen-bond acceptors (Lipinski definition) is 0. The summed E-state index contributed by atoms with van der Waals surface area (Å²) >= 11 is 0. The minimum Gasteiger partial charge on any atom is -0.309 e. The van der Waals surface area contributed by atoms with E-state index in [4.69, 9.17) is 0 Å². The molecule has 9 aromatic rings. The van der Waals surface area contributed by atoms with Crippen molar-refractivity contribution in [3.63, 3.8) is 0 Å². The van der Waals surface area contributed by atoms with E-state index in [-0.39, 0.29) is 0 Å². The van der Waals surface area contributed by atoms with Gasteiger partial charge in [-0.2, -0.15) is 0 Å². The van der Waals surface area contributed by atoms with Crippen LogP contribution in [0.5, 0.6) is 0 Å². The van der Waals surface area contributed by atoms with Crippen LogP contribution in [0.1, 0.15) is 0 Å². The van der Waals surface area contributed by atoms with Gasteiger partial charge in [-0.15, -0.1) is 0 Å². The number of aromatic nitrogens is 2. The van der Waals surface area contributed by atoms with Crippen LogP contribution < -0.4 is 0 Å². The van der Waals surface area contributed by atoms with Gasteiger partial charge in [-0.05, 0) is 81.7 Å². The van der Waals surface area contributed by atoms with Crippen molar-refractivity contribution < 1.29 is 0 Å². The molecule has 0 saturated heterocycles. The first-order valence-corrected chi connectivity index (χ1v) is 14.4. The fourth-order valence-electron chi connectivity index (χ4n) is 6.75. The van der Waals surface area contributed by atoms with Crippen molar-refractivity contribution in [1.29, 1.82) is 0 Å². The Morgan fingerprint density at radius 2 is 0.976 bits per heavy atom. The summed E-state index contributed by atoms with van der Waals surface area (Å²) in [4.78, 5) is 0. The number of nitrogens with zero attached hydrogens (tertiary/aromatic N) is 2. The van der Waals surface area contributed by atoms with E-state index in [0.717, 1.165) is 5.69 Å². The summed E-state index contributed by atoms with van der Waals surface area (Å²) in [5.41, 5.74) is 8.37. The second kappa shape index (κ2) is 8.95. The van der Waals surface area contributed by atoms with Gasteiger partial charge in [0, 0.05) is 27.5 Å². The first-order valence-electron chi connectivity index (χ1n) is 14.4. The van der Waals surface area contributed by atoms with Crippen molar-refractivity contribution >= 4 is 54.3 Å². The molecule has 196 valence electrons. The van der Waals surface area contributed by atoms with Crippen LogP contribution >= 0.6 is 0 Å². The summed E-state index contributed by atoms with van der Waals surface area (Å²) in [5.74, 6) is 0. The second-order valence-electron chi connectivity index (χ2n) is 11.0. The number of fused-ring (bicyclic) bond motifs is 7. The standard InChI is InChI=1S/C40H26N2/c1-3-11-27(12-4-1)39-26-36-38(41(39)32-15-5-2-6-16-32)22-21-35-34-17-9-10-18-37(34)42(40(35)36)33-20-19-30-23-28-13-7-8-14-29(28)24-31(30)25-33/h1-26H. The van der Waals surface area contributed by atoms with Crippen molar-refractivity contribution in [2.24, 2.45) is 0 Å². The molecule has 2 aromatic heterocycles. The van der Waals surface area contributed by atoms with Crippen LogP contribution in [0.25, 0.3) is 76.9 Å². The smallest absolute Gasteiger partial charge is 0.0635 e. The molecule has 0 aliphatic heterocycles. The molecule has 0 atom stereocenters. The molecule has 0 fully saturated rings. The van der Waals surface area contributed by atoms with Gasteiger partial charge in [-0.25, -0.2) is 0 Å². The summed E-state index contributed by atoms with van der Waals surface area (Å²) in [6.07, 6.45) is 0. The maximum Gasteiger partial charge on any atom is 0.0635 e. The normalized spacial score (nSPS) is 11.8. The summed E-state index contributed by atoms with van der Waals surface area (Å²) in [6, 6.07) is 57.3. The van der Waals surface area contributed by atoms with Crippen molar-refractivity contribution in [2.45, 2.75) is 0 Å². The highest BCUT2D eigenvalue weighted by Gasteiger charge is 2.20. The van der Waals surface area contributed by atoms with E-state index in [2.05, 4.69) is 167 Å². The zero-order valence-electron chi connectivity index (χ0n) is 22.9. The summed E-state index contributed by atoms with van der Waals surface area (Å²) in [7, 11) is 0. The lowest BCUT2D eigenvalue weighted by Crippen LogP contribution is -1.97. The third kappa shape index (κ3) is 3.39. The molecule has 0 amide bonds. The molecule has 2 heteroatoms. The number of hydrogen-bond donors (Lipinski definition) is 0. The molecule has 0 unspecified atom stereocenters. The van der Waals surface area contributed by atoms with Crippen molar-refractivity contribution in [3.05, 3.63) is 158 Å². The maximum atomic E-state index is 2.46. The van der Waals surface area contributed by atoms with Crippen molar-refractivity contribution in [3.8, 4) is 22.6 Å². The van der Waals surface area contributed by atoms with Gasteiger partial charge in [0.05, 0.1) is 22.2 Å². The van der Waals surface area contributed by atoms with E-state index in [1.54, 1.807) is 0 Å². The van der Waals surface area contributed by atoms with Crippen LogP contribution in [-0.2, 0) is 0 Å². The molecule has 0 bridgehead atoms. The van der Waals surface area contributed by atoms with E-state index in [1.165, 1.54) is 71.2 Å². The van der Waals surface area contributed by atoms with E-state index in [9.17, 15) is 0 Å². The van der Waals surface area contributed by atoms with Gasteiger partial charge >= 0.3 is 0 Å². The maximum absolute atomic E-state index is 2.46. The largest absolute Gasteiger partial charge is 0.309 e. The lowest BCUT2D eigenvalue weighted by molar-refractivity contribution is 1.13. The van der Waals surface area contributed by atoms with Crippen LogP contribution in [0.15, 0.2) is 158 Å². The first kappa shape index (κ1) is 23.1. The van der Waals surface area contributed by atoms with E-state index in [1.807, 2.05) is 0 Å². The van der Waals surface area contributed by atoms with Gasteiger partial charge in [0.1, 0.15) is 0 Å². The Kier molecular flexibility index (Phi) is 4.93. The third-order valence-electron chi connectivity index (χ3n) is 8.65. The summed E-state index contributed by atoms with van der Waals surface area (Å²) in [6.45, 7) is 0. The third-order valence-corrected chi connectivity index (χ3v) is 8.65. The average Bonchev–Trinajstić information content (AvgIpc) is 3.61. The van der Waals surface area contributed by atoms with Crippen LogP contribution in [0.2, 0.25) is 0 Å². The Balaban J connectivity index is 1.41. The minimum atomic E-state index is 1.16. The van der Waals surface area contributed by atoms with Crippen LogP contribution in [-0.4, -0.2) is 9.13 Å². The lowest BCUT2D eigenvalue weighted by atomic mass is 10.0. The zero-order valence-corrected chi connectivity index (χ0v) is 22.9. The summed E-state index contributed by atoms with van der Waals surface area (Å²) in [5, 5.41) is 8.81. The Labute approximate surface area is 243 Å². The number of rotatable bonds is 3. The molecule has 0 aliphatic carbocycles. The van der Waals surface area contributed by atoms with Gasteiger partial charge in [0.15, 0.2) is 0 Å². The average molecular weight is 535 g/mol. The fraction of sp³-hybridized carbons (Fsp3) is 0. The SMILES string of the molecule is c1ccc(-c2cc3c(ccc4c5ccccc5n(-c5ccc6cc7ccccc7cc6c5)c43)n2-c2ccccc2)cc1. The molecule has 2 nitrogen and oxygen atoms in total. The fourth-order valence-corrected chi connectivity index (χ4v) is 6.75. The highest BCUT2D eigenvalue weighted by atomic mass is 15.0. The minimum absolute atomic E-state index is 1.16. The van der Waals surface area contributed by atoms with Crippen molar-refractivity contribution in [1.82, 2.24) is 9.13 Å². The molecule has 0 aliphatic rings. The molecule has 0 spiro atoms. The number of benzene rings is 7. The highest BCUT2D eigenvalue weighted by molar-refractivity contribution is 6.19. The number of para-hydroxylation sites is 2. The van der Waals surface area contributed by atoms with Crippen molar-refractivity contribution in [2.75, 3.05) is 0 Å². The topological polar surface area (TPSA) is 9.86 Å². The van der Waals surface area contributed by atoms with E-state index in [0.29, 0.717) is 0 Å². The van der Waals surface area contributed by atoms with E-state index < -0.39 is 0 Å². The van der Waals surface area contributed by atoms with Gasteiger partial charge in [-0.1, -0.05) is 103 Å². The molecule has 42 heavy (non-hydrogen) atoms. The highest BCUT2D eigenvalue weighted by Crippen LogP contribution is 2.41. The Bertz CT molecular complexity index is 2440. The van der Waals surface area contributed by atoms with Gasteiger partial charge in [-0.3, -0.25) is 0 Å². The Morgan fingerprint density at radius 1 is 0.333 bits per heavy atom.